The highest BCUT2D eigenvalue weighted by Crippen LogP contribution is 2.52. The van der Waals surface area contributed by atoms with Gasteiger partial charge < -0.3 is 24.2 Å². The van der Waals surface area contributed by atoms with Crippen LogP contribution in [0.15, 0.2) is 43.0 Å². The van der Waals surface area contributed by atoms with Crippen LogP contribution in [0.2, 0.25) is 0 Å². The van der Waals surface area contributed by atoms with Gasteiger partial charge in [-0.25, -0.2) is 14.4 Å². The molecule has 1 spiro atoms. The lowest BCUT2D eigenvalue weighted by Gasteiger charge is -2.59. The van der Waals surface area contributed by atoms with Crippen LogP contribution < -0.4 is 14.4 Å². The zero-order valence-electron chi connectivity index (χ0n) is 29.3. The maximum atomic E-state index is 14.3. The predicted molar refractivity (Wildman–Crippen MR) is 184 cm³/mol. The van der Waals surface area contributed by atoms with Gasteiger partial charge in [0.2, 0.25) is 0 Å². The topological polar surface area (TPSA) is 87.2 Å². The van der Waals surface area contributed by atoms with Gasteiger partial charge in [-0.3, -0.25) is 14.7 Å². The zero-order valence-corrected chi connectivity index (χ0v) is 29.3. The number of aromatic nitrogens is 3. The summed E-state index contributed by atoms with van der Waals surface area (Å²) in [4.78, 5) is 35.6. The Kier molecular flexibility index (Phi) is 10.2. The van der Waals surface area contributed by atoms with Crippen molar-refractivity contribution in [2.75, 3.05) is 51.7 Å². The van der Waals surface area contributed by atoms with Gasteiger partial charge in [0.25, 0.3) is 5.91 Å². The minimum Gasteiger partial charge on any atom is -0.490 e. The molecule has 2 aromatic heterocycles. The lowest BCUT2D eigenvalue weighted by atomic mass is 9.61. The largest absolute Gasteiger partial charge is 0.490 e. The molecule has 0 N–H and O–H groups in total. The summed E-state index contributed by atoms with van der Waals surface area (Å²) in [6, 6.07) is 6.61. The second kappa shape index (κ2) is 14.3. The van der Waals surface area contributed by atoms with Crippen molar-refractivity contribution >= 4 is 11.7 Å². The molecule has 1 amide bonds. The number of rotatable bonds is 13. The van der Waals surface area contributed by atoms with Crippen molar-refractivity contribution in [3.05, 3.63) is 65.6 Å². The number of carbonyl (C=O) groups excluding carboxylic acids is 1. The van der Waals surface area contributed by atoms with Crippen molar-refractivity contribution in [2.45, 2.75) is 84.5 Å². The van der Waals surface area contributed by atoms with Crippen LogP contribution in [0.3, 0.4) is 0 Å². The normalized spacial score (nSPS) is 18.0. The fourth-order valence-electron chi connectivity index (χ4n) is 7.64. The van der Waals surface area contributed by atoms with Crippen LogP contribution >= 0.6 is 0 Å². The molecule has 3 aromatic rings. The summed E-state index contributed by atoms with van der Waals surface area (Å²) in [7, 11) is 4.28. The Morgan fingerprint density at radius 1 is 1.10 bits per heavy atom. The average Bonchev–Trinajstić information content (AvgIpc) is 3.03. The summed E-state index contributed by atoms with van der Waals surface area (Å²) in [6.07, 6.45) is 10.4. The van der Waals surface area contributed by atoms with Crippen LogP contribution in [-0.4, -0.2) is 101 Å². The van der Waals surface area contributed by atoms with E-state index < -0.39 is 5.82 Å². The van der Waals surface area contributed by atoms with Crippen LogP contribution in [0.25, 0.3) is 0 Å². The van der Waals surface area contributed by atoms with E-state index in [1.807, 2.05) is 33.0 Å². The molecule has 48 heavy (non-hydrogen) atoms. The number of ether oxygens (including phenoxy) is 2. The molecule has 6 rings (SSSR count). The Balaban J connectivity index is 1.09. The van der Waals surface area contributed by atoms with Crippen molar-refractivity contribution in [1.82, 2.24) is 29.7 Å². The van der Waals surface area contributed by atoms with Crippen molar-refractivity contribution in [1.29, 1.82) is 0 Å². The first kappa shape index (κ1) is 34.0. The molecule has 2 fully saturated rings. The van der Waals surface area contributed by atoms with Crippen LogP contribution in [-0.2, 0) is 13.0 Å². The van der Waals surface area contributed by atoms with Gasteiger partial charge >= 0.3 is 0 Å². The molecule has 0 radical (unpaired) electrons. The summed E-state index contributed by atoms with van der Waals surface area (Å²) >= 11 is 0. The standard InChI is InChI=1S/C37H50FN7O3/c1-7-27(12-15-42(5)6)43-16-13-31-30(21-43)33(11-14-40-31)47-28-18-37(19-28)22-44(23-37)35-34(20-39-24-41-35)48-32-10-9-26(38)17-29(32)36(46)45(8-2)25(3)4/h9-11,14,17,20,24-25,27-28H,7-8,12-13,15-16,18-19,21-23H2,1-6H3. The molecule has 0 bridgehead atoms. The fourth-order valence-corrected chi connectivity index (χ4v) is 7.64. The number of fused-ring (bicyclic) bond motifs is 1. The van der Waals surface area contributed by atoms with E-state index in [0.29, 0.717) is 24.2 Å². The molecule has 1 saturated carbocycles. The predicted octanol–water partition coefficient (Wildman–Crippen LogP) is 5.81. The van der Waals surface area contributed by atoms with Crippen LogP contribution in [0.1, 0.15) is 75.0 Å². The molecular formula is C37H50FN7O3. The summed E-state index contributed by atoms with van der Waals surface area (Å²) in [5.41, 5.74) is 2.77. The Labute approximate surface area is 284 Å². The third-order valence-electron chi connectivity index (χ3n) is 10.2. The third-order valence-corrected chi connectivity index (χ3v) is 10.2. The van der Waals surface area contributed by atoms with Gasteiger partial charge in [0.15, 0.2) is 11.6 Å². The Morgan fingerprint density at radius 3 is 2.60 bits per heavy atom. The first-order valence-corrected chi connectivity index (χ1v) is 17.4. The number of nitrogens with zero attached hydrogens (tertiary/aromatic N) is 7. The molecule has 10 nitrogen and oxygen atoms in total. The molecule has 4 heterocycles. The summed E-state index contributed by atoms with van der Waals surface area (Å²) in [5.74, 6) is 1.61. The number of amides is 1. The highest BCUT2D eigenvalue weighted by atomic mass is 19.1. The SMILES string of the molecule is CCC(CCN(C)C)N1CCc2nccc(OC3CC4(C3)CN(c3ncncc3Oc3ccc(F)cc3C(=O)N(CC)C(C)C)C4)c2C1. The van der Waals surface area contributed by atoms with Crippen molar-refractivity contribution < 1.29 is 18.7 Å². The quantitative estimate of drug-likeness (QED) is 0.226. The fraction of sp³-hybridized carbons (Fsp3) is 0.568. The van der Waals surface area contributed by atoms with E-state index in [1.54, 1.807) is 11.1 Å². The number of halogens is 1. The van der Waals surface area contributed by atoms with Crippen molar-refractivity contribution in [3.8, 4) is 17.2 Å². The molecule has 1 aliphatic carbocycles. The van der Waals surface area contributed by atoms with Crippen molar-refractivity contribution in [3.63, 3.8) is 0 Å². The van der Waals surface area contributed by atoms with Gasteiger partial charge in [-0.05, 0) is 91.4 Å². The molecule has 1 aromatic carbocycles. The van der Waals surface area contributed by atoms with E-state index in [2.05, 4.69) is 45.7 Å². The number of hydrogen-bond donors (Lipinski definition) is 0. The number of benzene rings is 1. The lowest BCUT2D eigenvalue weighted by molar-refractivity contribution is -0.0354. The summed E-state index contributed by atoms with van der Waals surface area (Å²) < 4.78 is 27.2. The number of carbonyl (C=O) groups is 1. The molecule has 3 aliphatic rings. The maximum Gasteiger partial charge on any atom is 0.257 e. The average molecular weight is 660 g/mol. The second-order valence-electron chi connectivity index (χ2n) is 14.3. The number of pyridine rings is 1. The first-order chi connectivity index (χ1) is 23.1. The van der Waals surface area contributed by atoms with Gasteiger partial charge in [-0.1, -0.05) is 6.92 Å². The maximum absolute atomic E-state index is 14.3. The van der Waals surface area contributed by atoms with Gasteiger partial charge in [0.05, 0.1) is 11.8 Å². The molecule has 1 saturated heterocycles. The molecular weight excluding hydrogens is 609 g/mol. The van der Waals surface area contributed by atoms with E-state index in [9.17, 15) is 9.18 Å². The van der Waals surface area contributed by atoms with Gasteiger partial charge in [0, 0.05) is 74.1 Å². The zero-order chi connectivity index (χ0) is 34.0. The van der Waals surface area contributed by atoms with Crippen LogP contribution in [0.5, 0.6) is 17.2 Å². The number of hydrogen-bond acceptors (Lipinski definition) is 9. The smallest absolute Gasteiger partial charge is 0.257 e. The minimum atomic E-state index is -0.490. The summed E-state index contributed by atoms with van der Waals surface area (Å²) in [6.45, 7) is 13.3. The summed E-state index contributed by atoms with van der Waals surface area (Å²) in [5, 5.41) is 0. The highest BCUT2D eigenvalue weighted by molar-refractivity contribution is 5.97. The monoisotopic (exact) mass is 659 g/mol. The van der Waals surface area contributed by atoms with E-state index in [0.717, 1.165) is 70.6 Å². The molecule has 258 valence electrons. The lowest BCUT2D eigenvalue weighted by Crippen LogP contribution is -2.65. The molecule has 11 heteroatoms. The van der Waals surface area contributed by atoms with E-state index >= 15 is 0 Å². The molecule has 2 aliphatic heterocycles. The third kappa shape index (κ3) is 7.12. The minimum absolute atomic E-state index is 0.0352. The molecule has 1 atom stereocenters. The number of anilines is 1. The van der Waals surface area contributed by atoms with E-state index in [-0.39, 0.29) is 34.8 Å². The highest BCUT2D eigenvalue weighted by Gasteiger charge is 2.54. The molecule has 1 unspecified atom stereocenters. The van der Waals surface area contributed by atoms with Crippen LogP contribution in [0.4, 0.5) is 10.2 Å². The Bertz CT molecular complexity index is 1590. The Morgan fingerprint density at radius 2 is 1.90 bits per heavy atom. The van der Waals surface area contributed by atoms with Gasteiger partial charge in [-0.15, -0.1) is 0 Å². The van der Waals surface area contributed by atoms with E-state index in [1.165, 1.54) is 35.8 Å². The van der Waals surface area contributed by atoms with E-state index in [4.69, 9.17) is 14.5 Å². The van der Waals surface area contributed by atoms with Gasteiger partial charge in [0.1, 0.15) is 29.7 Å². The Hall–Kier alpha value is -3.83. The first-order valence-electron chi connectivity index (χ1n) is 17.4. The van der Waals surface area contributed by atoms with Crippen molar-refractivity contribution in [2.24, 2.45) is 5.41 Å². The van der Waals surface area contributed by atoms with Gasteiger partial charge in [-0.2, -0.15) is 0 Å². The van der Waals surface area contributed by atoms with Crippen LogP contribution in [0, 0.1) is 11.2 Å². The second-order valence-corrected chi connectivity index (χ2v) is 14.3.